The predicted octanol–water partition coefficient (Wildman–Crippen LogP) is 1.55. The van der Waals surface area contributed by atoms with Crippen molar-refractivity contribution in [1.29, 1.82) is 0 Å². The Morgan fingerprint density at radius 2 is 2.00 bits per heavy atom. The fourth-order valence-electron chi connectivity index (χ4n) is 1.23. The molecule has 1 aromatic carbocycles. The maximum atomic E-state index is 5.88. The molecular weight excluding hydrogens is 148 g/mol. The van der Waals surface area contributed by atoms with E-state index in [0.29, 0.717) is 0 Å². The van der Waals surface area contributed by atoms with Gasteiger partial charge in [0, 0.05) is 11.2 Å². The van der Waals surface area contributed by atoms with Gasteiger partial charge in [0.25, 0.3) is 0 Å². The summed E-state index contributed by atoms with van der Waals surface area (Å²) in [6, 6.07) is 7.85. The van der Waals surface area contributed by atoms with E-state index in [4.69, 9.17) is 11.5 Å². The number of hydrogen-bond donors (Lipinski definition) is 2. The molecule has 4 N–H and O–H groups in total. The van der Waals surface area contributed by atoms with Crippen LogP contribution in [0.25, 0.3) is 0 Å². The summed E-state index contributed by atoms with van der Waals surface area (Å²) in [4.78, 5) is 0. The highest BCUT2D eigenvalue weighted by atomic mass is 14.7. The lowest BCUT2D eigenvalue weighted by Crippen LogP contribution is -2.34. The van der Waals surface area contributed by atoms with Crippen LogP contribution >= 0.6 is 0 Å². The first-order valence-corrected chi connectivity index (χ1v) is 4.11. The lowest BCUT2D eigenvalue weighted by molar-refractivity contribution is 0.517. The van der Waals surface area contributed by atoms with Crippen molar-refractivity contribution in [3.63, 3.8) is 0 Å². The molecule has 2 nitrogen and oxygen atoms in total. The third-order valence-electron chi connectivity index (χ3n) is 1.61. The minimum absolute atomic E-state index is 0.159. The second kappa shape index (κ2) is 3.15. The molecule has 1 rings (SSSR count). The summed E-state index contributed by atoms with van der Waals surface area (Å²) in [5.74, 6) is 0. The molecule has 0 aliphatic rings. The SMILES string of the molecule is CC(C)(N)Cc1cccc(N)c1. The number of nitrogens with two attached hydrogens (primary N) is 2. The zero-order chi connectivity index (χ0) is 9.19. The van der Waals surface area contributed by atoms with Gasteiger partial charge in [-0.05, 0) is 38.0 Å². The zero-order valence-electron chi connectivity index (χ0n) is 7.67. The van der Waals surface area contributed by atoms with E-state index in [1.54, 1.807) is 0 Å². The number of hydrogen-bond acceptors (Lipinski definition) is 2. The summed E-state index contributed by atoms with van der Waals surface area (Å²) < 4.78 is 0. The minimum Gasteiger partial charge on any atom is -0.399 e. The molecule has 0 aromatic heterocycles. The molecular formula is C10H16N2. The van der Waals surface area contributed by atoms with E-state index >= 15 is 0 Å². The van der Waals surface area contributed by atoms with Gasteiger partial charge >= 0.3 is 0 Å². The van der Waals surface area contributed by atoms with Gasteiger partial charge in [0.15, 0.2) is 0 Å². The zero-order valence-corrected chi connectivity index (χ0v) is 7.67. The van der Waals surface area contributed by atoms with Gasteiger partial charge in [-0.3, -0.25) is 0 Å². The van der Waals surface area contributed by atoms with Gasteiger partial charge in [-0.25, -0.2) is 0 Å². The van der Waals surface area contributed by atoms with Crippen molar-refractivity contribution < 1.29 is 0 Å². The maximum Gasteiger partial charge on any atom is 0.0316 e. The maximum absolute atomic E-state index is 5.88. The Morgan fingerprint density at radius 3 is 2.50 bits per heavy atom. The van der Waals surface area contributed by atoms with Crippen LogP contribution in [0.1, 0.15) is 19.4 Å². The van der Waals surface area contributed by atoms with Crippen LogP contribution in [0.3, 0.4) is 0 Å². The summed E-state index contributed by atoms with van der Waals surface area (Å²) in [5, 5.41) is 0. The molecule has 2 heteroatoms. The summed E-state index contributed by atoms with van der Waals surface area (Å²) in [6.45, 7) is 4.02. The van der Waals surface area contributed by atoms with Crippen LogP contribution in [0.5, 0.6) is 0 Å². The van der Waals surface area contributed by atoms with E-state index in [0.717, 1.165) is 12.1 Å². The lowest BCUT2D eigenvalue weighted by Gasteiger charge is -2.18. The van der Waals surface area contributed by atoms with E-state index < -0.39 is 0 Å². The largest absolute Gasteiger partial charge is 0.399 e. The molecule has 0 saturated heterocycles. The molecule has 0 bridgehead atoms. The van der Waals surface area contributed by atoms with Gasteiger partial charge in [-0.15, -0.1) is 0 Å². The highest BCUT2D eigenvalue weighted by Crippen LogP contribution is 2.12. The average molecular weight is 164 g/mol. The summed E-state index contributed by atoms with van der Waals surface area (Å²) >= 11 is 0. The van der Waals surface area contributed by atoms with Crippen LogP contribution in [-0.4, -0.2) is 5.54 Å². The second-order valence-electron chi connectivity index (χ2n) is 3.91. The third-order valence-corrected chi connectivity index (χ3v) is 1.61. The Balaban J connectivity index is 2.77. The second-order valence-corrected chi connectivity index (χ2v) is 3.91. The Kier molecular flexibility index (Phi) is 2.38. The number of rotatable bonds is 2. The Bertz CT molecular complexity index is 261. The van der Waals surface area contributed by atoms with Crippen molar-refractivity contribution in [3.05, 3.63) is 29.8 Å². The Morgan fingerprint density at radius 1 is 1.33 bits per heavy atom. The summed E-state index contributed by atoms with van der Waals surface area (Å²) in [5.41, 5.74) is 13.4. The quantitative estimate of drug-likeness (QED) is 0.651. The van der Waals surface area contributed by atoms with Crippen molar-refractivity contribution in [1.82, 2.24) is 0 Å². The number of benzene rings is 1. The summed E-state index contributed by atoms with van der Waals surface area (Å²) in [7, 11) is 0. The molecule has 0 fully saturated rings. The molecule has 0 aliphatic carbocycles. The highest BCUT2D eigenvalue weighted by Gasteiger charge is 2.10. The first-order chi connectivity index (χ1) is 5.47. The fraction of sp³-hybridized carbons (Fsp3) is 0.400. The van der Waals surface area contributed by atoms with Crippen molar-refractivity contribution in [3.8, 4) is 0 Å². The van der Waals surface area contributed by atoms with Crippen LogP contribution in [0.2, 0.25) is 0 Å². The first-order valence-electron chi connectivity index (χ1n) is 4.11. The van der Waals surface area contributed by atoms with E-state index in [9.17, 15) is 0 Å². The molecule has 0 saturated carbocycles. The average Bonchev–Trinajstić information content (AvgIpc) is 1.82. The van der Waals surface area contributed by atoms with E-state index in [2.05, 4.69) is 0 Å². The van der Waals surface area contributed by atoms with Gasteiger partial charge in [0.05, 0.1) is 0 Å². The number of nitrogen functional groups attached to an aromatic ring is 1. The molecule has 0 unspecified atom stereocenters. The van der Waals surface area contributed by atoms with Crippen LogP contribution in [0, 0.1) is 0 Å². The van der Waals surface area contributed by atoms with E-state index in [1.807, 2.05) is 38.1 Å². The van der Waals surface area contributed by atoms with Crippen LogP contribution < -0.4 is 11.5 Å². The predicted molar refractivity (Wildman–Crippen MR) is 52.8 cm³/mol. The van der Waals surface area contributed by atoms with Crippen LogP contribution in [0.4, 0.5) is 5.69 Å². The molecule has 0 atom stereocenters. The molecule has 0 radical (unpaired) electrons. The van der Waals surface area contributed by atoms with Crippen molar-refractivity contribution in [2.75, 3.05) is 5.73 Å². The van der Waals surface area contributed by atoms with E-state index in [-0.39, 0.29) is 5.54 Å². The van der Waals surface area contributed by atoms with Crippen molar-refractivity contribution in [2.24, 2.45) is 5.73 Å². The van der Waals surface area contributed by atoms with Gasteiger partial charge in [-0.2, -0.15) is 0 Å². The molecule has 0 aliphatic heterocycles. The summed E-state index contributed by atoms with van der Waals surface area (Å²) in [6.07, 6.45) is 0.859. The first kappa shape index (κ1) is 9.07. The smallest absolute Gasteiger partial charge is 0.0316 e. The van der Waals surface area contributed by atoms with E-state index in [1.165, 1.54) is 5.56 Å². The fourth-order valence-corrected chi connectivity index (χ4v) is 1.23. The monoisotopic (exact) mass is 164 g/mol. The molecule has 0 spiro atoms. The molecule has 12 heavy (non-hydrogen) atoms. The standard InChI is InChI=1S/C10H16N2/c1-10(2,12)7-8-4-3-5-9(11)6-8/h3-6H,7,11-12H2,1-2H3. The van der Waals surface area contributed by atoms with Gasteiger partial charge in [-0.1, -0.05) is 12.1 Å². The lowest BCUT2D eigenvalue weighted by atomic mass is 9.96. The minimum atomic E-state index is -0.159. The normalized spacial score (nSPS) is 11.6. The number of anilines is 1. The molecule has 0 amide bonds. The van der Waals surface area contributed by atoms with Crippen molar-refractivity contribution in [2.45, 2.75) is 25.8 Å². The van der Waals surface area contributed by atoms with Crippen LogP contribution in [-0.2, 0) is 6.42 Å². The topological polar surface area (TPSA) is 52.0 Å². The highest BCUT2D eigenvalue weighted by molar-refractivity contribution is 5.40. The molecule has 66 valence electrons. The van der Waals surface area contributed by atoms with Gasteiger partial charge < -0.3 is 11.5 Å². The van der Waals surface area contributed by atoms with Gasteiger partial charge in [0.1, 0.15) is 0 Å². The van der Waals surface area contributed by atoms with Gasteiger partial charge in [0.2, 0.25) is 0 Å². The van der Waals surface area contributed by atoms with Crippen LogP contribution in [0.15, 0.2) is 24.3 Å². The Hall–Kier alpha value is -1.02. The molecule has 1 aromatic rings. The third kappa shape index (κ3) is 2.93. The Labute approximate surface area is 73.6 Å². The molecule has 0 heterocycles. The van der Waals surface area contributed by atoms with Crippen molar-refractivity contribution >= 4 is 5.69 Å².